The molecule has 7 nitrogen and oxygen atoms in total. The molecule has 0 atom stereocenters. The van der Waals surface area contributed by atoms with Crippen molar-refractivity contribution in [2.75, 3.05) is 6.54 Å². The maximum Gasteiger partial charge on any atom is 0.273 e. The number of carbonyl (C=O) groups is 1. The molecular weight excluding hydrogens is 352 g/mol. The van der Waals surface area contributed by atoms with Crippen molar-refractivity contribution in [1.29, 1.82) is 0 Å². The smallest absolute Gasteiger partial charge is 0.273 e. The average Bonchev–Trinajstić information content (AvgIpc) is 3.30. The number of nitrogens with one attached hydrogen (secondary N) is 1. The van der Waals surface area contributed by atoms with Crippen molar-refractivity contribution in [3.05, 3.63) is 77.7 Å². The maximum absolute atomic E-state index is 12.5. The summed E-state index contributed by atoms with van der Waals surface area (Å²) in [4.78, 5) is 12.5. The van der Waals surface area contributed by atoms with Gasteiger partial charge in [0.1, 0.15) is 0 Å². The number of carbonyl (C=O) groups excluding carboxylic acids is 1. The number of aryl methyl sites for hydroxylation is 1. The molecule has 0 unspecified atom stereocenters. The number of hydrogen-bond acceptors (Lipinski definition) is 4. The molecule has 4 rings (SSSR count). The van der Waals surface area contributed by atoms with Crippen molar-refractivity contribution in [2.45, 2.75) is 26.4 Å². The molecule has 4 aromatic rings. The zero-order valence-corrected chi connectivity index (χ0v) is 15.7. The van der Waals surface area contributed by atoms with Crippen molar-refractivity contribution < 1.29 is 4.79 Å². The Morgan fingerprint density at radius 2 is 1.82 bits per heavy atom. The second-order valence-corrected chi connectivity index (χ2v) is 6.70. The SMILES string of the molecule is Cc1c(C(=O)NCCCn2ncc3ccccc32)nnn1Cc1ccccc1. The van der Waals surface area contributed by atoms with Crippen LogP contribution in [0.25, 0.3) is 10.9 Å². The Labute approximate surface area is 163 Å². The van der Waals surface area contributed by atoms with E-state index in [4.69, 9.17) is 0 Å². The number of benzene rings is 2. The van der Waals surface area contributed by atoms with Gasteiger partial charge in [-0.3, -0.25) is 9.48 Å². The van der Waals surface area contributed by atoms with Crippen LogP contribution in [-0.4, -0.2) is 37.2 Å². The van der Waals surface area contributed by atoms with Crippen molar-refractivity contribution in [3.63, 3.8) is 0 Å². The Kier molecular flexibility index (Phi) is 5.14. The molecule has 0 radical (unpaired) electrons. The average molecular weight is 374 g/mol. The number of hydrogen-bond donors (Lipinski definition) is 1. The highest BCUT2D eigenvalue weighted by Gasteiger charge is 2.16. The quantitative estimate of drug-likeness (QED) is 0.505. The van der Waals surface area contributed by atoms with Crippen molar-refractivity contribution in [2.24, 2.45) is 0 Å². The molecule has 0 saturated heterocycles. The van der Waals surface area contributed by atoms with E-state index >= 15 is 0 Å². The second kappa shape index (κ2) is 8.04. The van der Waals surface area contributed by atoms with Gasteiger partial charge in [0.25, 0.3) is 5.91 Å². The molecule has 0 aliphatic rings. The first kappa shape index (κ1) is 17.9. The Bertz CT molecular complexity index is 1080. The lowest BCUT2D eigenvalue weighted by Gasteiger charge is -2.06. The van der Waals surface area contributed by atoms with Crippen LogP contribution in [0, 0.1) is 6.92 Å². The molecule has 142 valence electrons. The first-order valence-electron chi connectivity index (χ1n) is 9.35. The molecule has 0 aliphatic carbocycles. The van der Waals surface area contributed by atoms with E-state index in [1.54, 1.807) is 4.68 Å². The van der Waals surface area contributed by atoms with Gasteiger partial charge in [0.15, 0.2) is 5.69 Å². The van der Waals surface area contributed by atoms with E-state index in [1.807, 2.05) is 66.3 Å². The van der Waals surface area contributed by atoms with Crippen LogP contribution in [-0.2, 0) is 13.1 Å². The molecule has 0 saturated carbocycles. The van der Waals surface area contributed by atoms with Gasteiger partial charge in [-0.05, 0) is 25.0 Å². The van der Waals surface area contributed by atoms with E-state index in [1.165, 1.54) is 0 Å². The summed E-state index contributed by atoms with van der Waals surface area (Å²) < 4.78 is 3.71. The summed E-state index contributed by atoms with van der Waals surface area (Å²) in [7, 11) is 0. The molecule has 0 bridgehead atoms. The molecule has 0 spiro atoms. The van der Waals surface area contributed by atoms with Crippen LogP contribution < -0.4 is 5.32 Å². The summed E-state index contributed by atoms with van der Waals surface area (Å²) >= 11 is 0. The highest BCUT2D eigenvalue weighted by Crippen LogP contribution is 2.13. The summed E-state index contributed by atoms with van der Waals surface area (Å²) in [5.74, 6) is -0.192. The van der Waals surface area contributed by atoms with Crippen LogP contribution in [0.1, 0.15) is 28.2 Å². The fourth-order valence-electron chi connectivity index (χ4n) is 3.20. The minimum Gasteiger partial charge on any atom is -0.351 e. The minimum absolute atomic E-state index is 0.192. The van der Waals surface area contributed by atoms with Gasteiger partial charge in [0.2, 0.25) is 0 Å². The normalized spacial score (nSPS) is 11.0. The second-order valence-electron chi connectivity index (χ2n) is 6.70. The third-order valence-electron chi connectivity index (χ3n) is 4.76. The summed E-state index contributed by atoms with van der Waals surface area (Å²) in [6, 6.07) is 18.1. The predicted molar refractivity (Wildman–Crippen MR) is 107 cm³/mol. The van der Waals surface area contributed by atoms with E-state index in [0.717, 1.165) is 35.1 Å². The fourth-order valence-corrected chi connectivity index (χ4v) is 3.20. The van der Waals surface area contributed by atoms with Gasteiger partial charge < -0.3 is 5.32 Å². The Morgan fingerprint density at radius 1 is 1.04 bits per heavy atom. The number of fused-ring (bicyclic) bond motifs is 1. The molecule has 2 aromatic heterocycles. The molecule has 0 fully saturated rings. The van der Waals surface area contributed by atoms with Crippen LogP contribution in [0.3, 0.4) is 0 Å². The highest BCUT2D eigenvalue weighted by molar-refractivity contribution is 5.93. The highest BCUT2D eigenvalue weighted by atomic mass is 16.2. The van der Waals surface area contributed by atoms with Crippen LogP contribution in [0.2, 0.25) is 0 Å². The van der Waals surface area contributed by atoms with Crippen LogP contribution in [0.5, 0.6) is 0 Å². The van der Waals surface area contributed by atoms with Gasteiger partial charge in [0, 0.05) is 18.5 Å². The van der Waals surface area contributed by atoms with E-state index in [9.17, 15) is 4.79 Å². The van der Waals surface area contributed by atoms with Gasteiger partial charge >= 0.3 is 0 Å². The minimum atomic E-state index is -0.192. The van der Waals surface area contributed by atoms with Crippen molar-refractivity contribution in [3.8, 4) is 0 Å². The summed E-state index contributed by atoms with van der Waals surface area (Å²) in [5, 5.41) is 16.7. The molecule has 7 heteroatoms. The number of amides is 1. The number of para-hydroxylation sites is 1. The van der Waals surface area contributed by atoms with E-state index < -0.39 is 0 Å². The topological polar surface area (TPSA) is 77.6 Å². The predicted octanol–water partition coefficient (Wildman–Crippen LogP) is 2.80. The third-order valence-corrected chi connectivity index (χ3v) is 4.76. The maximum atomic E-state index is 12.5. The molecule has 0 aliphatic heterocycles. The summed E-state index contributed by atoms with van der Waals surface area (Å²) in [6.07, 6.45) is 2.65. The molecule has 1 amide bonds. The van der Waals surface area contributed by atoms with Crippen LogP contribution >= 0.6 is 0 Å². The van der Waals surface area contributed by atoms with Gasteiger partial charge in [-0.1, -0.05) is 53.7 Å². The lowest BCUT2D eigenvalue weighted by atomic mass is 10.2. The molecule has 28 heavy (non-hydrogen) atoms. The standard InChI is InChI=1S/C21H22N6O/c1-16-20(24-25-27(16)15-17-8-3-2-4-9-17)21(28)22-12-7-13-26-19-11-6-5-10-18(19)14-23-26/h2-6,8-11,14H,7,12-13,15H2,1H3,(H,22,28). The van der Waals surface area contributed by atoms with Gasteiger partial charge in [0.05, 0.1) is 24.0 Å². The first-order valence-corrected chi connectivity index (χ1v) is 9.35. The van der Waals surface area contributed by atoms with E-state index in [0.29, 0.717) is 18.8 Å². The Balaban J connectivity index is 1.32. The Hall–Kier alpha value is -3.48. The molecule has 2 heterocycles. The Morgan fingerprint density at radius 3 is 2.68 bits per heavy atom. The van der Waals surface area contributed by atoms with Crippen LogP contribution in [0.15, 0.2) is 60.8 Å². The summed E-state index contributed by atoms with van der Waals surface area (Å²) in [5.41, 5.74) is 3.36. The molecular formula is C21H22N6O. The van der Waals surface area contributed by atoms with E-state index in [2.05, 4.69) is 26.8 Å². The first-order chi connectivity index (χ1) is 13.7. The summed E-state index contributed by atoms with van der Waals surface area (Å²) in [6.45, 7) is 3.76. The lowest BCUT2D eigenvalue weighted by Crippen LogP contribution is -2.26. The largest absolute Gasteiger partial charge is 0.351 e. The van der Waals surface area contributed by atoms with Gasteiger partial charge in [-0.15, -0.1) is 5.10 Å². The lowest BCUT2D eigenvalue weighted by molar-refractivity contribution is 0.0947. The molecule has 2 aromatic carbocycles. The monoisotopic (exact) mass is 374 g/mol. The zero-order chi connectivity index (χ0) is 19.3. The zero-order valence-electron chi connectivity index (χ0n) is 15.7. The fraction of sp³-hybridized carbons (Fsp3) is 0.238. The molecule has 1 N–H and O–H groups in total. The number of rotatable bonds is 7. The van der Waals surface area contributed by atoms with Crippen LogP contribution in [0.4, 0.5) is 0 Å². The van der Waals surface area contributed by atoms with Gasteiger partial charge in [-0.2, -0.15) is 5.10 Å². The number of aromatic nitrogens is 5. The third kappa shape index (κ3) is 3.78. The van der Waals surface area contributed by atoms with Crippen molar-refractivity contribution >= 4 is 16.8 Å². The number of nitrogens with zero attached hydrogens (tertiary/aromatic N) is 5. The van der Waals surface area contributed by atoms with E-state index in [-0.39, 0.29) is 5.91 Å². The van der Waals surface area contributed by atoms with Crippen molar-refractivity contribution in [1.82, 2.24) is 30.1 Å². The van der Waals surface area contributed by atoms with Gasteiger partial charge in [-0.25, -0.2) is 4.68 Å².